The summed E-state index contributed by atoms with van der Waals surface area (Å²) >= 11 is 0. The summed E-state index contributed by atoms with van der Waals surface area (Å²) in [5, 5.41) is 10.7. The first-order chi connectivity index (χ1) is 13.0. The summed E-state index contributed by atoms with van der Waals surface area (Å²) in [5.74, 6) is -1.06. The molecule has 138 valence electrons. The van der Waals surface area contributed by atoms with E-state index >= 15 is 0 Å². The van der Waals surface area contributed by atoms with E-state index in [9.17, 15) is 14.7 Å². The van der Waals surface area contributed by atoms with Gasteiger partial charge < -0.3 is 15.0 Å². The lowest BCUT2D eigenvalue weighted by Crippen LogP contribution is -2.48. The molecule has 0 spiro atoms. The number of aromatic nitrogens is 1. The number of aryl methyl sites for hydroxylation is 2. The zero-order valence-electron chi connectivity index (χ0n) is 15.2. The molecule has 2 heterocycles. The number of rotatable bonds is 4. The van der Waals surface area contributed by atoms with Gasteiger partial charge in [0, 0.05) is 36.5 Å². The third-order valence-electron chi connectivity index (χ3n) is 5.39. The fourth-order valence-corrected chi connectivity index (χ4v) is 3.89. The van der Waals surface area contributed by atoms with Crippen LogP contribution in [0.1, 0.15) is 28.7 Å². The minimum absolute atomic E-state index is 0.112. The van der Waals surface area contributed by atoms with Crippen molar-refractivity contribution in [2.24, 2.45) is 0 Å². The highest BCUT2D eigenvalue weighted by Gasteiger charge is 2.34. The summed E-state index contributed by atoms with van der Waals surface area (Å²) in [7, 11) is 0. The van der Waals surface area contributed by atoms with Gasteiger partial charge in [0.15, 0.2) is 0 Å². The van der Waals surface area contributed by atoms with Crippen LogP contribution in [0.5, 0.6) is 0 Å². The van der Waals surface area contributed by atoms with Gasteiger partial charge in [0.25, 0.3) is 0 Å². The second-order valence-electron chi connectivity index (χ2n) is 7.21. The maximum Gasteiger partial charge on any atom is 0.326 e. The maximum atomic E-state index is 12.9. The molecule has 2 N–H and O–H groups in total. The second kappa shape index (κ2) is 6.91. The Hall–Kier alpha value is -3.08. The summed E-state index contributed by atoms with van der Waals surface area (Å²) in [6.45, 7) is 2.41. The number of hydrogen-bond donors (Lipinski definition) is 2. The van der Waals surface area contributed by atoms with Crippen molar-refractivity contribution in [2.75, 3.05) is 0 Å². The second-order valence-corrected chi connectivity index (χ2v) is 7.21. The van der Waals surface area contributed by atoms with E-state index in [0.717, 1.165) is 27.6 Å². The largest absolute Gasteiger partial charge is 0.480 e. The van der Waals surface area contributed by atoms with Crippen LogP contribution >= 0.6 is 0 Å². The predicted molar refractivity (Wildman–Crippen MR) is 103 cm³/mol. The highest BCUT2D eigenvalue weighted by Crippen LogP contribution is 2.26. The zero-order chi connectivity index (χ0) is 19.0. The smallest absolute Gasteiger partial charge is 0.326 e. The normalized spacial score (nSPS) is 16.3. The molecule has 0 fully saturated rings. The first-order valence-electron chi connectivity index (χ1n) is 9.18. The van der Waals surface area contributed by atoms with Crippen LogP contribution in [0.3, 0.4) is 0 Å². The number of carbonyl (C=O) groups excluding carboxylic acids is 1. The Kier molecular flexibility index (Phi) is 4.44. The number of nitrogens with one attached hydrogen (secondary N) is 1. The van der Waals surface area contributed by atoms with Crippen molar-refractivity contribution in [3.05, 3.63) is 70.9 Å². The molecule has 0 aliphatic carbocycles. The molecular formula is C22H22N2O3. The molecule has 0 saturated heterocycles. The Morgan fingerprint density at radius 1 is 1.19 bits per heavy atom. The molecule has 1 aromatic heterocycles. The standard InChI is InChI=1S/C22H22N2O3/c1-14-6-8-19-18(10-14)16(12-23-19)7-9-21(25)24-13-17-5-3-2-4-15(17)11-20(24)22(26)27/h2-6,8,10,12,20,23H,7,9,11,13H2,1H3,(H,26,27). The van der Waals surface area contributed by atoms with E-state index in [2.05, 4.69) is 17.1 Å². The third-order valence-corrected chi connectivity index (χ3v) is 5.39. The van der Waals surface area contributed by atoms with Crippen LogP contribution < -0.4 is 0 Å². The minimum Gasteiger partial charge on any atom is -0.480 e. The fraction of sp³-hybridized carbons (Fsp3) is 0.273. The van der Waals surface area contributed by atoms with Crippen molar-refractivity contribution in [2.45, 2.75) is 38.8 Å². The van der Waals surface area contributed by atoms with Crippen LogP contribution in [0.2, 0.25) is 0 Å². The number of carboxylic acid groups (broad SMARTS) is 1. The summed E-state index contributed by atoms with van der Waals surface area (Å²) in [6, 6.07) is 13.2. The number of hydrogen-bond acceptors (Lipinski definition) is 2. The minimum atomic E-state index is -0.944. The van der Waals surface area contributed by atoms with Crippen molar-refractivity contribution in [3.8, 4) is 0 Å². The lowest BCUT2D eigenvalue weighted by molar-refractivity contribution is -0.151. The van der Waals surface area contributed by atoms with Gasteiger partial charge in [-0.25, -0.2) is 4.79 Å². The first-order valence-corrected chi connectivity index (χ1v) is 9.18. The van der Waals surface area contributed by atoms with Crippen LogP contribution in [-0.4, -0.2) is 32.9 Å². The van der Waals surface area contributed by atoms with E-state index in [1.165, 1.54) is 10.5 Å². The number of H-pyrrole nitrogens is 1. The van der Waals surface area contributed by atoms with Crippen LogP contribution in [-0.2, 0) is 29.0 Å². The van der Waals surface area contributed by atoms with E-state index in [0.29, 0.717) is 25.8 Å². The van der Waals surface area contributed by atoms with Crippen LogP contribution in [0.25, 0.3) is 10.9 Å². The Morgan fingerprint density at radius 2 is 1.96 bits per heavy atom. The van der Waals surface area contributed by atoms with Crippen molar-refractivity contribution >= 4 is 22.8 Å². The molecule has 1 aliphatic heterocycles. The van der Waals surface area contributed by atoms with E-state index in [4.69, 9.17) is 0 Å². The van der Waals surface area contributed by atoms with Crippen LogP contribution in [0, 0.1) is 6.92 Å². The van der Waals surface area contributed by atoms with Crippen LogP contribution in [0.4, 0.5) is 0 Å². The molecule has 1 unspecified atom stereocenters. The quantitative estimate of drug-likeness (QED) is 0.747. The Labute approximate surface area is 157 Å². The summed E-state index contributed by atoms with van der Waals surface area (Å²) in [5.41, 5.74) is 5.37. The van der Waals surface area contributed by atoms with Gasteiger partial charge in [-0.2, -0.15) is 0 Å². The number of aliphatic carboxylic acids is 1. The predicted octanol–water partition coefficient (Wildman–Crippen LogP) is 3.45. The van der Waals surface area contributed by atoms with E-state index < -0.39 is 12.0 Å². The number of amides is 1. The van der Waals surface area contributed by atoms with Gasteiger partial charge in [0.1, 0.15) is 6.04 Å². The van der Waals surface area contributed by atoms with Gasteiger partial charge in [-0.3, -0.25) is 4.79 Å². The van der Waals surface area contributed by atoms with Crippen molar-refractivity contribution in [3.63, 3.8) is 0 Å². The maximum absolute atomic E-state index is 12.9. The number of carbonyl (C=O) groups is 2. The molecule has 1 aliphatic rings. The molecule has 2 aromatic carbocycles. The molecule has 3 aromatic rings. The Bertz CT molecular complexity index is 1020. The molecule has 5 nitrogen and oxygen atoms in total. The van der Waals surface area contributed by atoms with Crippen molar-refractivity contribution in [1.82, 2.24) is 9.88 Å². The SMILES string of the molecule is Cc1ccc2[nH]cc(CCC(=O)N3Cc4ccccc4CC3C(=O)O)c2c1. The first kappa shape index (κ1) is 17.3. The lowest BCUT2D eigenvalue weighted by Gasteiger charge is -2.34. The van der Waals surface area contributed by atoms with Gasteiger partial charge in [0.05, 0.1) is 0 Å². The molecule has 27 heavy (non-hydrogen) atoms. The van der Waals surface area contributed by atoms with Gasteiger partial charge in [-0.1, -0.05) is 35.9 Å². The van der Waals surface area contributed by atoms with Gasteiger partial charge in [0.2, 0.25) is 5.91 Å². The number of carboxylic acids is 1. The number of benzene rings is 2. The lowest BCUT2D eigenvalue weighted by atomic mass is 9.93. The molecule has 5 heteroatoms. The molecule has 0 saturated carbocycles. The zero-order valence-corrected chi connectivity index (χ0v) is 15.2. The highest BCUT2D eigenvalue weighted by molar-refractivity contribution is 5.87. The topological polar surface area (TPSA) is 73.4 Å². The molecule has 1 amide bonds. The van der Waals surface area contributed by atoms with Crippen molar-refractivity contribution < 1.29 is 14.7 Å². The average Bonchev–Trinajstić information content (AvgIpc) is 3.07. The molecule has 1 atom stereocenters. The number of fused-ring (bicyclic) bond motifs is 2. The Balaban J connectivity index is 1.53. The van der Waals surface area contributed by atoms with Crippen molar-refractivity contribution in [1.29, 1.82) is 0 Å². The summed E-state index contributed by atoms with van der Waals surface area (Å²) < 4.78 is 0. The highest BCUT2D eigenvalue weighted by atomic mass is 16.4. The fourth-order valence-electron chi connectivity index (χ4n) is 3.89. The molecular weight excluding hydrogens is 340 g/mol. The van der Waals surface area contributed by atoms with Gasteiger partial charge in [-0.05, 0) is 42.2 Å². The summed E-state index contributed by atoms with van der Waals surface area (Å²) in [4.78, 5) is 29.4. The van der Waals surface area contributed by atoms with E-state index in [-0.39, 0.29) is 5.91 Å². The number of aromatic amines is 1. The Morgan fingerprint density at radius 3 is 2.74 bits per heavy atom. The average molecular weight is 362 g/mol. The van der Waals surface area contributed by atoms with Crippen LogP contribution in [0.15, 0.2) is 48.7 Å². The number of nitrogens with zero attached hydrogens (tertiary/aromatic N) is 1. The third kappa shape index (κ3) is 3.33. The molecule has 0 radical (unpaired) electrons. The summed E-state index contributed by atoms with van der Waals surface area (Å²) in [6.07, 6.45) is 3.20. The molecule has 0 bridgehead atoms. The molecule has 4 rings (SSSR count). The van der Waals surface area contributed by atoms with E-state index in [1.807, 2.05) is 43.5 Å². The van der Waals surface area contributed by atoms with Gasteiger partial charge >= 0.3 is 5.97 Å². The monoisotopic (exact) mass is 362 g/mol. The van der Waals surface area contributed by atoms with Gasteiger partial charge in [-0.15, -0.1) is 0 Å². The van der Waals surface area contributed by atoms with E-state index in [1.54, 1.807) is 0 Å².